The molecule has 2 aromatic carbocycles. The summed E-state index contributed by atoms with van der Waals surface area (Å²) in [6, 6.07) is 10.6. The number of rotatable bonds is 4. The highest BCUT2D eigenvalue weighted by atomic mass is 32.2. The van der Waals surface area contributed by atoms with Crippen LogP contribution in [0, 0.1) is 11.7 Å². The molecule has 0 aliphatic carbocycles. The summed E-state index contributed by atoms with van der Waals surface area (Å²) in [4.78, 5) is 11.9. The fourth-order valence-corrected chi connectivity index (χ4v) is 4.09. The predicted molar refractivity (Wildman–Crippen MR) is 86.8 cm³/mol. The lowest BCUT2D eigenvalue weighted by Gasteiger charge is -2.10. The minimum atomic E-state index is -3.16. The molecular formula is C17H16FNO3S. The van der Waals surface area contributed by atoms with Crippen LogP contribution in [0.15, 0.2) is 47.9 Å². The third-order valence-electron chi connectivity index (χ3n) is 3.87. The van der Waals surface area contributed by atoms with Crippen LogP contribution in [0.3, 0.4) is 0 Å². The quantitative estimate of drug-likeness (QED) is 0.935. The van der Waals surface area contributed by atoms with Crippen molar-refractivity contribution in [1.82, 2.24) is 5.32 Å². The number of carbonyl (C=O) groups excluding carboxylic acids is 1. The Morgan fingerprint density at radius 3 is 2.74 bits per heavy atom. The van der Waals surface area contributed by atoms with Crippen LogP contribution < -0.4 is 5.32 Å². The molecule has 4 nitrogen and oxygen atoms in total. The third kappa shape index (κ3) is 3.59. The van der Waals surface area contributed by atoms with Crippen LogP contribution in [0.5, 0.6) is 0 Å². The molecule has 120 valence electrons. The molecule has 0 radical (unpaired) electrons. The standard InChI is InChI=1S/C17H16FNO3S/c18-17-14(6-5-13-3-1-2-4-15(13)17)10-19-16(20)9-12-7-8-23(21,22)11-12/h1-8,12H,9-11H2,(H,19,20). The highest BCUT2D eigenvalue weighted by Gasteiger charge is 2.23. The van der Waals surface area contributed by atoms with Crippen molar-refractivity contribution in [2.45, 2.75) is 13.0 Å². The number of halogens is 1. The van der Waals surface area contributed by atoms with Crippen molar-refractivity contribution in [3.8, 4) is 0 Å². The van der Waals surface area contributed by atoms with Gasteiger partial charge < -0.3 is 5.32 Å². The summed E-state index contributed by atoms with van der Waals surface area (Å²) in [5.41, 5.74) is 0.409. The SMILES string of the molecule is O=C(CC1C=CS(=O)(=O)C1)NCc1ccc2ccccc2c1F. The molecule has 1 aliphatic heterocycles. The maximum absolute atomic E-state index is 14.4. The van der Waals surface area contributed by atoms with Gasteiger partial charge in [-0.1, -0.05) is 42.5 Å². The monoisotopic (exact) mass is 333 g/mol. The van der Waals surface area contributed by atoms with Crippen molar-refractivity contribution in [3.05, 3.63) is 59.3 Å². The summed E-state index contributed by atoms with van der Waals surface area (Å²) in [5, 5.41) is 5.12. The van der Waals surface area contributed by atoms with Crippen LogP contribution in [-0.2, 0) is 21.2 Å². The molecule has 6 heteroatoms. The average molecular weight is 333 g/mol. The number of hydrogen-bond donors (Lipinski definition) is 1. The molecule has 1 atom stereocenters. The molecule has 1 unspecified atom stereocenters. The van der Waals surface area contributed by atoms with Crippen molar-refractivity contribution in [2.75, 3.05) is 5.75 Å². The Labute approximate surface area is 133 Å². The van der Waals surface area contributed by atoms with Crippen LogP contribution in [-0.4, -0.2) is 20.1 Å². The molecule has 0 bridgehead atoms. The van der Waals surface area contributed by atoms with Gasteiger partial charge in [-0.25, -0.2) is 12.8 Å². The molecular weight excluding hydrogens is 317 g/mol. The highest BCUT2D eigenvalue weighted by Crippen LogP contribution is 2.21. The summed E-state index contributed by atoms with van der Waals surface area (Å²) >= 11 is 0. The lowest BCUT2D eigenvalue weighted by Crippen LogP contribution is -2.26. The fraction of sp³-hybridized carbons (Fsp3) is 0.235. The summed E-state index contributed by atoms with van der Waals surface area (Å²) in [6.07, 6.45) is 1.62. The molecule has 1 amide bonds. The molecule has 2 aromatic rings. The summed E-state index contributed by atoms with van der Waals surface area (Å²) < 4.78 is 37.0. The zero-order valence-electron chi connectivity index (χ0n) is 12.3. The molecule has 0 saturated carbocycles. The topological polar surface area (TPSA) is 63.2 Å². The van der Waals surface area contributed by atoms with Crippen molar-refractivity contribution in [1.29, 1.82) is 0 Å². The van der Waals surface area contributed by atoms with Crippen molar-refractivity contribution in [3.63, 3.8) is 0 Å². The number of nitrogens with one attached hydrogen (secondary N) is 1. The molecule has 0 saturated heterocycles. The number of sulfone groups is 1. The van der Waals surface area contributed by atoms with E-state index in [2.05, 4.69) is 5.32 Å². The van der Waals surface area contributed by atoms with Crippen molar-refractivity contribution < 1.29 is 17.6 Å². The summed E-state index contributed by atoms with van der Waals surface area (Å²) in [5.74, 6) is -0.970. The van der Waals surface area contributed by atoms with Gasteiger partial charge in [0.25, 0.3) is 0 Å². The van der Waals surface area contributed by atoms with Crippen molar-refractivity contribution >= 4 is 26.5 Å². The lowest BCUT2D eigenvalue weighted by atomic mass is 10.1. The van der Waals surface area contributed by atoms with Crippen LogP contribution in [0.4, 0.5) is 4.39 Å². The molecule has 0 spiro atoms. The van der Waals surface area contributed by atoms with E-state index in [1.807, 2.05) is 18.2 Å². The lowest BCUT2D eigenvalue weighted by molar-refractivity contribution is -0.121. The van der Waals surface area contributed by atoms with E-state index in [0.717, 1.165) is 10.8 Å². The second-order valence-electron chi connectivity index (χ2n) is 5.66. The Balaban J connectivity index is 1.63. The second kappa shape index (κ2) is 6.12. The minimum absolute atomic E-state index is 0.0369. The van der Waals surface area contributed by atoms with E-state index in [1.54, 1.807) is 18.2 Å². The number of fused-ring (bicyclic) bond motifs is 1. The van der Waals surface area contributed by atoms with Gasteiger partial charge in [0.05, 0.1) is 5.75 Å². The molecule has 1 N–H and O–H groups in total. The van der Waals surface area contributed by atoms with Crippen LogP contribution in [0.2, 0.25) is 0 Å². The Hall–Kier alpha value is -2.21. The normalized spacial score (nSPS) is 19.1. The van der Waals surface area contributed by atoms with Gasteiger partial charge in [0.2, 0.25) is 5.91 Å². The van der Waals surface area contributed by atoms with E-state index in [1.165, 1.54) is 6.08 Å². The smallest absolute Gasteiger partial charge is 0.220 e. The first-order valence-electron chi connectivity index (χ1n) is 7.28. The van der Waals surface area contributed by atoms with Gasteiger partial charge in [-0.3, -0.25) is 4.79 Å². The first-order valence-corrected chi connectivity index (χ1v) is 9.00. The van der Waals surface area contributed by atoms with E-state index in [9.17, 15) is 17.6 Å². The second-order valence-corrected chi connectivity index (χ2v) is 7.59. The molecule has 3 rings (SSSR count). The Morgan fingerprint density at radius 2 is 2.00 bits per heavy atom. The van der Waals surface area contributed by atoms with E-state index in [0.29, 0.717) is 10.9 Å². The Morgan fingerprint density at radius 1 is 1.22 bits per heavy atom. The first kappa shape index (κ1) is 15.7. The van der Waals surface area contributed by atoms with Gasteiger partial charge in [-0.15, -0.1) is 0 Å². The molecule has 1 aliphatic rings. The Kier molecular flexibility index (Phi) is 4.17. The zero-order chi connectivity index (χ0) is 16.4. The van der Waals surface area contributed by atoms with Crippen LogP contribution in [0.25, 0.3) is 10.8 Å². The predicted octanol–water partition coefficient (Wildman–Crippen LogP) is 2.54. The van der Waals surface area contributed by atoms with E-state index < -0.39 is 9.84 Å². The Bertz CT molecular complexity index is 890. The van der Waals surface area contributed by atoms with Gasteiger partial charge in [0.1, 0.15) is 5.82 Å². The van der Waals surface area contributed by atoms with Gasteiger partial charge >= 0.3 is 0 Å². The van der Waals surface area contributed by atoms with E-state index in [-0.39, 0.29) is 36.4 Å². The van der Waals surface area contributed by atoms with Crippen molar-refractivity contribution in [2.24, 2.45) is 5.92 Å². The third-order valence-corrected chi connectivity index (χ3v) is 5.34. The summed E-state index contributed by atoms with van der Waals surface area (Å²) in [6.45, 7) is 0.0820. The number of allylic oxidation sites excluding steroid dienone is 1. The maximum Gasteiger partial charge on any atom is 0.220 e. The van der Waals surface area contributed by atoms with Gasteiger partial charge in [0, 0.05) is 35.2 Å². The molecule has 1 heterocycles. The number of amides is 1. The molecule has 0 aromatic heterocycles. The van der Waals surface area contributed by atoms with E-state index >= 15 is 0 Å². The molecule has 23 heavy (non-hydrogen) atoms. The molecule has 0 fully saturated rings. The maximum atomic E-state index is 14.4. The zero-order valence-corrected chi connectivity index (χ0v) is 13.1. The van der Waals surface area contributed by atoms with Crippen LogP contribution >= 0.6 is 0 Å². The first-order chi connectivity index (χ1) is 10.9. The largest absolute Gasteiger partial charge is 0.352 e. The van der Waals surface area contributed by atoms with E-state index in [4.69, 9.17) is 0 Å². The van der Waals surface area contributed by atoms with Gasteiger partial charge in [0.15, 0.2) is 9.84 Å². The number of benzene rings is 2. The van der Waals surface area contributed by atoms with Crippen LogP contribution in [0.1, 0.15) is 12.0 Å². The summed E-state index contributed by atoms with van der Waals surface area (Å²) in [7, 11) is -3.16. The number of hydrogen-bond acceptors (Lipinski definition) is 3. The average Bonchev–Trinajstić information content (AvgIpc) is 2.85. The van der Waals surface area contributed by atoms with Gasteiger partial charge in [-0.2, -0.15) is 0 Å². The number of carbonyl (C=O) groups is 1. The fourth-order valence-electron chi connectivity index (χ4n) is 2.69. The van der Waals surface area contributed by atoms with Gasteiger partial charge in [-0.05, 0) is 5.39 Å². The minimum Gasteiger partial charge on any atom is -0.352 e. The highest BCUT2D eigenvalue weighted by molar-refractivity contribution is 7.94.